The Morgan fingerprint density at radius 3 is 2.50 bits per heavy atom. The highest BCUT2D eigenvalue weighted by Crippen LogP contribution is 2.25. The fourth-order valence-corrected chi connectivity index (χ4v) is 4.27. The first kappa shape index (κ1) is 23.7. The highest BCUT2D eigenvalue weighted by Gasteiger charge is 2.21. The Morgan fingerprint density at radius 2 is 1.93 bits per heavy atom. The number of rotatable bonds is 10. The van der Waals surface area contributed by atoms with Crippen LogP contribution >= 0.6 is 0 Å². The summed E-state index contributed by atoms with van der Waals surface area (Å²) < 4.78 is 44.5. The van der Waals surface area contributed by atoms with Crippen LogP contribution in [0, 0.1) is 12.7 Å². The van der Waals surface area contributed by atoms with E-state index in [9.17, 15) is 17.6 Å². The zero-order valence-corrected chi connectivity index (χ0v) is 18.6. The minimum absolute atomic E-state index is 0.0134. The Kier molecular flexibility index (Phi) is 8.23. The summed E-state index contributed by atoms with van der Waals surface area (Å²) >= 11 is 0. The summed E-state index contributed by atoms with van der Waals surface area (Å²) in [5.74, 6) is -0.0143. The van der Waals surface area contributed by atoms with E-state index in [1.807, 2.05) is 32.0 Å². The molecule has 0 saturated carbocycles. The van der Waals surface area contributed by atoms with Gasteiger partial charge in [-0.15, -0.1) is 0 Å². The first-order chi connectivity index (χ1) is 14.2. The molecule has 8 heteroatoms. The lowest BCUT2D eigenvalue weighted by Gasteiger charge is -2.23. The molecule has 0 radical (unpaired) electrons. The Hall–Kier alpha value is -2.61. The highest BCUT2D eigenvalue weighted by atomic mass is 32.2. The number of nitrogens with one attached hydrogen (secondary N) is 1. The zero-order chi connectivity index (χ0) is 22.3. The second-order valence-electron chi connectivity index (χ2n) is 7.15. The molecule has 0 heterocycles. The summed E-state index contributed by atoms with van der Waals surface area (Å²) in [6.07, 6.45) is 2.14. The average molecular weight is 437 g/mol. The summed E-state index contributed by atoms with van der Waals surface area (Å²) in [7, 11) is -2.06. The van der Waals surface area contributed by atoms with Gasteiger partial charge in [-0.25, -0.2) is 12.8 Å². The summed E-state index contributed by atoms with van der Waals surface area (Å²) in [6, 6.07) is 11.3. The predicted molar refractivity (Wildman–Crippen MR) is 117 cm³/mol. The molecule has 0 bridgehead atoms. The minimum atomic E-state index is -3.67. The number of carbonyl (C=O) groups is 1. The number of hydrogen-bond acceptors (Lipinski definition) is 4. The molecule has 0 spiro atoms. The van der Waals surface area contributed by atoms with E-state index in [0.29, 0.717) is 6.42 Å². The fourth-order valence-electron chi connectivity index (χ4n) is 3.31. The van der Waals surface area contributed by atoms with E-state index < -0.39 is 15.8 Å². The molecule has 0 aromatic heterocycles. The van der Waals surface area contributed by atoms with Gasteiger partial charge in [-0.05, 0) is 49.1 Å². The van der Waals surface area contributed by atoms with Gasteiger partial charge in [0.05, 0.1) is 25.1 Å². The summed E-state index contributed by atoms with van der Waals surface area (Å²) in [6.45, 7) is 3.94. The van der Waals surface area contributed by atoms with E-state index in [0.717, 1.165) is 27.4 Å². The number of ether oxygens (including phenoxy) is 1. The highest BCUT2D eigenvalue weighted by molar-refractivity contribution is 7.92. The molecular formula is C22H29FN2O4S. The Bertz CT molecular complexity index is 979. The zero-order valence-electron chi connectivity index (χ0n) is 17.8. The third-order valence-electron chi connectivity index (χ3n) is 4.85. The van der Waals surface area contributed by atoms with Gasteiger partial charge in [-0.1, -0.05) is 31.2 Å². The van der Waals surface area contributed by atoms with E-state index in [2.05, 4.69) is 5.32 Å². The van der Waals surface area contributed by atoms with E-state index >= 15 is 0 Å². The van der Waals surface area contributed by atoms with Crippen LogP contribution in [0.25, 0.3) is 0 Å². The smallest absolute Gasteiger partial charge is 0.232 e. The van der Waals surface area contributed by atoms with Gasteiger partial charge in [0.2, 0.25) is 15.9 Å². The van der Waals surface area contributed by atoms with Gasteiger partial charge < -0.3 is 10.1 Å². The van der Waals surface area contributed by atoms with Gasteiger partial charge in [0.25, 0.3) is 0 Å². The number of nitrogens with zero attached hydrogens (tertiary/aromatic N) is 1. The van der Waals surface area contributed by atoms with Gasteiger partial charge in [0.15, 0.2) is 0 Å². The molecule has 1 N–H and O–H groups in total. The van der Waals surface area contributed by atoms with Crippen molar-refractivity contribution in [3.63, 3.8) is 0 Å². The maximum absolute atomic E-state index is 14.1. The number of halogens is 1. The van der Waals surface area contributed by atoms with Crippen LogP contribution < -0.4 is 14.4 Å². The number of amides is 1. The third kappa shape index (κ3) is 6.19. The average Bonchev–Trinajstić information content (AvgIpc) is 2.69. The van der Waals surface area contributed by atoms with E-state index in [4.69, 9.17) is 4.74 Å². The lowest BCUT2D eigenvalue weighted by Crippen LogP contribution is -2.33. The standard InChI is InChI=1S/C22H29FN2O4S/c1-5-19(17-12-13-21(29-3)16(2)15-17)24-22(26)11-8-14-25(30(4,27)28)20-10-7-6-9-18(20)23/h6-7,9-10,12-13,15,19H,5,8,11,14H2,1-4H3,(H,24,26)/t19-/m1/s1. The van der Waals surface area contributed by atoms with Crippen LogP contribution in [0.1, 0.15) is 43.4 Å². The lowest BCUT2D eigenvalue weighted by molar-refractivity contribution is -0.121. The molecule has 1 atom stereocenters. The number of carbonyl (C=O) groups excluding carboxylic acids is 1. The Labute approximate surface area is 178 Å². The monoisotopic (exact) mass is 436 g/mol. The lowest BCUT2D eigenvalue weighted by atomic mass is 10.0. The van der Waals surface area contributed by atoms with Crippen molar-refractivity contribution in [1.82, 2.24) is 5.32 Å². The summed E-state index contributed by atoms with van der Waals surface area (Å²) in [5, 5.41) is 2.99. The van der Waals surface area contributed by atoms with Gasteiger partial charge >= 0.3 is 0 Å². The van der Waals surface area contributed by atoms with Crippen molar-refractivity contribution in [3.05, 3.63) is 59.4 Å². The first-order valence-electron chi connectivity index (χ1n) is 9.83. The van der Waals surface area contributed by atoms with Crippen LogP contribution in [-0.4, -0.2) is 34.2 Å². The molecule has 6 nitrogen and oxygen atoms in total. The van der Waals surface area contributed by atoms with Gasteiger partial charge in [-0.2, -0.15) is 0 Å². The van der Waals surface area contributed by atoms with Crippen LogP contribution in [-0.2, 0) is 14.8 Å². The molecule has 1 amide bonds. The minimum Gasteiger partial charge on any atom is -0.496 e. The molecule has 0 aliphatic carbocycles. The van der Waals surface area contributed by atoms with Crippen molar-refractivity contribution in [2.24, 2.45) is 0 Å². The van der Waals surface area contributed by atoms with Gasteiger partial charge in [0, 0.05) is 13.0 Å². The molecule has 2 aromatic carbocycles. The van der Waals surface area contributed by atoms with Crippen molar-refractivity contribution in [3.8, 4) is 5.75 Å². The van der Waals surface area contributed by atoms with Crippen LogP contribution in [0.4, 0.5) is 10.1 Å². The second-order valence-corrected chi connectivity index (χ2v) is 9.05. The van der Waals surface area contributed by atoms with Crippen molar-refractivity contribution in [2.75, 3.05) is 24.2 Å². The molecule has 2 aromatic rings. The van der Waals surface area contributed by atoms with E-state index in [1.165, 1.54) is 18.2 Å². The number of methoxy groups -OCH3 is 1. The molecule has 0 aliphatic rings. The summed E-state index contributed by atoms with van der Waals surface area (Å²) in [4.78, 5) is 12.5. The molecule has 164 valence electrons. The number of hydrogen-bond donors (Lipinski definition) is 1. The van der Waals surface area contributed by atoms with Crippen molar-refractivity contribution in [1.29, 1.82) is 0 Å². The van der Waals surface area contributed by atoms with Crippen LogP contribution in [0.3, 0.4) is 0 Å². The topological polar surface area (TPSA) is 75.7 Å². The van der Waals surface area contributed by atoms with E-state index in [-0.39, 0.29) is 37.0 Å². The number of sulfonamides is 1. The van der Waals surface area contributed by atoms with Gasteiger partial charge in [-0.3, -0.25) is 9.10 Å². The number of benzene rings is 2. The fraction of sp³-hybridized carbons (Fsp3) is 0.409. The maximum Gasteiger partial charge on any atom is 0.232 e. The molecule has 30 heavy (non-hydrogen) atoms. The molecule has 0 unspecified atom stereocenters. The quantitative estimate of drug-likeness (QED) is 0.612. The maximum atomic E-state index is 14.1. The van der Waals surface area contributed by atoms with Crippen molar-refractivity contribution < 1.29 is 22.3 Å². The number of aryl methyl sites for hydroxylation is 1. The second kappa shape index (κ2) is 10.4. The van der Waals surface area contributed by atoms with Crippen LogP contribution in [0.5, 0.6) is 5.75 Å². The Morgan fingerprint density at radius 1 is 1.23 bits per heavy atom. The molecule has 0 fully saturated rings. The van der Waals surface area contributed by atoms with E-state index in [1.54, 1.807) is 13.2 Å². The molecular weight excluding hydrogens is 407 g/mol. The normalized spacial score (nSPS) is 12.3. The SMILES string of the molecule is CC[C@@H](NC(=O)CCCN(c1ccccc1F)S(C)(=O)=O)c1ccc(OC)c(C)c1. The predicted octanol–water partition coefficient (Wildman–Crippen LogP) is 3.96. The third-order valence-corrected chi connectivity index (χ3v) is 6.03. The molecule has 0 saturated heterocycles. The van der Waals surface area contributed by atoms with Crippen molar-refractivity contribution in [2.45, 2.75) is 39.2 Å². The van der Waals surface area contributed by atoms with Gasteiger partial charge in [0.1, 0.15) is 11.6 Å². The van der Waals surface area contributed by atoms with Crippen molar-refractivity contribution >= 4 is 21.6 Å². The summed E-state index contributed by atoms with van der Waals surface area (Å²) in [5.41, 5.74) is 1.95. The molecule has 0 aliphatic heterocycles. The number of anilines is 1. The largest absolute Gasteiger partial charge is 0.496 e. The first-order valence-corrected chi connectivity index (χ1v) is 11.7. The van der Waals surface area contributed by atoms with Crippen LogP contribution in [0.2, 0.25) is 0 Å². The number of para-hydroxylation sites is 1. The molecule has 2 rings (SSSR count). The van der Waals surface area contributed by atoms with Crippen LogP contribution in [0.15, 0.2) is 42.5 Å². The Balaban J connectivity index is 2.00.